The fourth-order valence-electron chi connectivity index (χ4n) is 3.61. The summed E-state index contributed by atoms with van der Waals surface area (Å²) in [5.74, 6) is 1.72. The second-order valence-corrected chi connectivity index (χ2v) is 7.80. The second kappa shape index (κ2) is 7.86. The first-order valence-corrected chi connectivity index (χ1v) is 10.1. The van der Waals surface area contributed by atoms with Crippen molar-refractivity contribution in [2.75, 3.05) is 0 Å². The van der Waals surface area contributed by atoms with Crippen LogP contribution in [0, 0.1) is 27.7 Å². The fourth-order valence-corrected chi connectivity index (χ4v) is 3.61. The highest BCUT2D eigenvalue weighted by atomic mass is 16.5. The number of ether oxygens (including phenoxy) is 1. The minimum absolute atomic E-state index is 0.298. The maximum Gasteiger partial charge on any atom is 0.368 e. The Balaban J connectivity index is 1.63. The first kappa shape index (κ1) is 20.6. The molecule has 0 fully saturated rings. The smallest absolute Gasteiger partial charge is 0.368 e. The Morgan fingerprint density at radius 2 is 1.74 bits per heavy atom. The van der Waals surface area contributed by atoms with Crippen molar-refractivity contribution in [3.63, 3.8) is 0 Å². The summed E-state index contributed by atoms with van der Waals surface area (Å²) in [5, 5.41) is 7.79. The van der Waals surface area contributed by atoms with E-state index in [1.54, 1.807) is 7.05 Å². The minimum Gasteiger partial charge on any atom is -0.489 e. The van der Waals surface area contributed by atoms with Crippen LogP contribution in [0.4, 0.5) is 0 Å². The fraction of sp³-hybridized carbons (Fsp3) is 0.304. The molecule has 0 radical (unpaired) electrons. The van der Waals surface area contributed by atoms with Gasteiger partial charge in [-0.3, -0.25) is 0 Å². The van der Waals surface area contributed by atoms with Crippen molar-refractivity contribution in [3.8, 4) is 22.8 Å². The van der Waals surface area contributed by atoms with Crippen LogP contribution in [-0.4, -0.2) is 29.3 Å². The van der Waals surface area contributed by atoms with Crippen LogP contribution in [-0.2, 0) is 20.7 Å². The average Bonchev–Trinajstić information content (AvgIpc) is 3.21. The van der Waals surface area contributed by atoms with E-state index < -0.39 is 0 Å². The number of rotatable bonds is 5. The molecule has 8 heteroatoms. The Kier molecular flexibility index (Phi) is 5.22. The third-order valence-electron chi connectivity index (χ3n) is 5.76. The summed E-state index contributed by atoms with van der Waals surface area (Å²) >= 11 is 0. The van der Waals surface area contributed by atoms with Gasteiger partial charge in [-0.05, 0) is 73.5 Å². The van der Waals surface area contributed by atoms with Crippen molar-refractivity contribution in [1.29, 1.82) is 0 Å². The van der Waals surface area contributed by atoms with E-state index in [2.05, 4.69) is 33.0 Å². The maximum atomic E-state index is 12.3. The molecule has 8 nitrogen and oxygen atoms in total. The van der Waals surface area contributed by atoms with Crippen molar-refractivity contribution < 1.29 is 4.74 Å². The Morgan fingerprint density at radius 1 is 0.968 bits per heavy atom. The van der Waals surface area contributed by atoms with E-state index >= 15 is 0 Å². The van der Waals surface area contributed by atoms with E-state index in [-0.39, 0.29) is 5.69 Å². The lowest BCUT2D eigenvalue weighted by atomic mass is 10.1. The third-order valence-corrected chi connectivity index (χ3v) is 5.76. The molecule has 2 heterocycles. The summed E-state index contributed by atoms with van der Waals surface area (Å²) in [6.07, 6.45) is 0. The predicted molar refractivity (Wildman–Crippen MR) is 119 cm³/mol. The summed E-state index contributed by atoms with van der Waals surface area (Å²) < 4.78 is 10.8. The van der Waals surface area contributed by atoms with E-state index in [0.29, 0.717) is 12.3 Å². The van der Waals surface area contributed by atoms with E-state index in [1.807, 2.05) is 58.2 Å². The molecular weight excluding hydrogens is 392 g/mol. The number of aromatic nitrogens is 6. The monoisotopic (exact) mass is 418 g/mol. The quantitative estimate of drug-likeness (QED) is 0.497. The van der Waals surface area contributed by atoms with Crippen LogP contribution in [0.15, 0.2) is 41.2 Å². The summed E-state index contributed by atoms with van der Waals surface area (Å²) in [6.45, 7) is 8.41. The molecule has 0 saturated heterocycles. The number of hydrogen-bond acceptors (Lipinski definition) is 5. The predicted octanol–water partition coefficient (Wildman–Crippen LogP) is 3.18. The SMILES string of the molecule is Cc1cc(-c2nc(C)c(C)n2C)ccc1OCc1c(C)cccc1-n1nnn(C)c1=O. The number of hydrogen-bond donors (Lipinski definition) is 0. The molecule has 0 aliphatic rings. The molecule has 0 saturated carbocycles. The minimum atomic E-state index is -0.298. The Labute approximate surface area is 180 Å². The van der Waals surface area contributed by atoms with Gasteiger partial charge in [0.15, 0.2) is 0 Å². The molecule has 2 aromatic heterocycles. The maximum absolute atomic E-state index is 12.3. The van der Waals surface area contributed by atoms with Crippen molar-refractivity contribution in [2.24, 2.45) is 14.1 Å². The molecule has 0 aliphatic heterocycles. The van der Waals surface area contributed by atoms with Crippen molar-refractivity contribution in [2.45, 2.75) is 34.3 Å². The highest BCUT2D eigenvalue weighted by Gasteiger charge is 2.15. The van der Waals surface area contributed by atoms with Crippen molar-refractivity contribution in [3.05, 3.63) is 75.0 Å². The molecule has 0 spiro atoms. The van der Waals surface area contributed by atoms with Gasteiger partial charge in [-0.15, -0.1) is 0 Å². The third kappa shape index (κ3) is 3.65. The van der Waals surface area contributed by atoms with Gasteiger partial charge in [0, 0.05) is 30.9 Å². The lowest BCUT2D eigenvalue weighted by molar-refractivity contribution is 0.302. The Morgan fingerprint density at radius 3 is 2.35 bits per heavy atom. The summed E-state index contributed by atoms with van der Waals surface area (Å²) in [5.41, 5.74) is 6.53. The molecule has 160 valence electrons. The second-order valence-electron chi connectivity index (χ2n) is 7.80. The van der Waals surface area contributed by atoms with Gasteiger partial charge >= 0.3 is 5.69 Å². The van der Waals surface area contributed by atoms with Crippen LogP contribution < -0.4 is 10.4 Å². The van der Waals surface area contributed by atoms with Gasteiger partial charge in [0.05, 0.1) is 11.4 Å². The molecule has 4 aromatic rings. The normalized spacial score (nSPS) is 11.2. The van der Waals surface area contributed by atoms with E-state index in [4.69, 9.17) is 4.74 Å². The van der Waals surface area contributed by atoms with Crippen LogP contribution in [0.5, 0.6) is 5.75 Å². The van der Waals surface area contributed by atoms with Gasteiger partial charge < -0.3 is 9.30 Å². The molecule has 0 bridgehead atoms. The molecule has 31 heavy (non-hydrogen) atoms. The largest absolute Gasteiger partial charge is 0.489 e. The number of nitrogens with zero attached hydrogens (tertiary/aromatic N) is 6. The molecule has 0 unspecified atom stereocenters. The standard InChI is InChI=1S/C23H26N6O2/c1-14-8-7-9-20(29-23(30)28(6)25-26-29)19(14)13-31-21-11-10-18(12-15(21)2)22-24-16(3)17(4)27(22)5/h7-12H,13H2,1-6H3. The summed E-state index contributed by atoms with van der Waals surface area (Å²) in [4.78, 5) is 17.0. The van der Waals surface area contributed by atoms with Gasteiger partial charge in [0.25, 0.3) is 0 Å². The van der Waals surface area contributed by atoms with Gasteiger partial charge in [-0.1, -0.05) is 12.1 Å². The topological polar surface area (TPSA) is 79.8 Å². The number of imidazole rings is 1. The van der Waals surface area contributed by atoms with Crippen LogP contribution in [0.1, 0.15) is 28.1 Å². The first-order chi connectivity index (χ1) is 14.8. The molecule has 0 aliphatic carbocycles. The van der Waals surface area contributed by atoms with Crippen LogP contribution in [0.2, 0.25) is 0 Å². The highest BCUT2D eigenvalue weighted by molar-refractivity contribution is 5.60. The number of tetrazole rings is 1. The first-order valence-electron chi connectivity index (χ1n) is 10.1. The molecule has 0 amide bonds. The van der Waals surface area contributed by atoms with E-state index in [0.717, 1.165) is 45.2 Å². The molecule has 0 atom stereocenters. The summed E-state index contributed by atoms with van der Waals surface area (Å²) in [6, 6.07) is 11.8. The lowest BCUT2D eigenvalue weighted by Crippen LogP contribution is -2.23. The van der Waals surface area contributed by atoms with Crippen molar-refractivity contribution >= 4 is 0 Å². The highest BCUT2D eigenvalue weighted by Crippen LogP contribution is 2.28. The Bertz CT molecular complexity index is 1330. The number of benzene rings is 2. The molecule has 0 N–H and O–H groups in total. The zero-order valence-electron chi connectivity index (χ0n) is 18.7. The van der Waals surface area contributed by atoms with E-state index in [9.17, 15) is 4.79 Å². The van der Waals surface area contributed by atoms with Gasteiger partial charge in [0.2, 0.25) is 0 Å². The molecule has 4 rings (SSSR count). The number of aryl methyl sites for hydroxylation is 4. The van der Waals surface area contributed by atoms with Crippen LogP contribution in [0.25, 0.3) is 17.1 Å². The van der Waals surface area contributed by atoms with Gasteiger partial charge in [0.1, 0.15) is 18.2 Å². The van der Waals surface area contributed by atoms with Crippen LogP contribution in [0.3, 0.4) is 0 Å². The zero-order valence-corrected chi connectivity index (χ0v) is 18.7. The average molecular weight is 419 g/mol. The Hall–Kier alpha value is -3.68. The van der Waals surface area contributed by atoms with E-state index in [1.165, 1.54) is 9.36 Å². The van der Waals surface area contributed by atoms with Crippen LogP contribution >= 0.6 is 0 Å². The lowest BCUT2D eigenvalue weighted by Gasteiger charge is -2.15. The van der Waals surface area contributed by atoms with Gasteiger partial charge in [-0.2, -0.15) is 9.36 Å². The van der Waals surface area contributed by atoms with Crippen molar-refractivity contribution in [1.82, 2.24) is 29.3 Å². The zero-order chi connectivity index (χ0) is 22.3. The molecule has 2 aromatic carbocycles. The van der Waals surface area contributed by atoms with Gasteiger partial charge in [-0.25, -0.2) is 9.78 Å². The molecular formula is C23H26N6O2. The summed E-state index contributed by atoms with van der Waals surface area (Å²) in [7, 11) is 3.60.